The van der Waals surface area contributed by atoms with Crippen LogP contribution in [0.5, 0.6) is 0 Å². The summed E-state index contributed by atoms with van der Waals surface area (Å²) in [5.41, 5.74) is 10.4. The normalized spacial score (nSPS) is 12.4. The van der Waals surface area contributed by atoms with Crippen LogP contribution in [0.25, 0.3) is 0 Å². The average Bonchev–Trinajstić information content (AvgIpc) is 2.37. The van der Waals surface area contributed by atoms with Crippen LogP contribution in [0.15, 0.2) is 42.5 Å². The van der Waals surface area contributed by atoms with Gasteiger partial charge < -0.3 is 5.73 Å². The van der Waals surface area contributed by atoms with E-state index in [1.54, 1.807) is 12.1 Å². The third-order valence-corrected chi connectivity index (χ3v) is 2.98. The van der Waals surface area contributed by atoms with E-state index in [1.807, 2.05) is 12.1 Å². The number of nitrogen functional groups attached to an aromatic ring is 1. The van der Waals surface area contributed by atoms with E-state index in [9.17, 15) is 4.39 Å². The van der Waals surface area contributed by atoms with Gasteiger partial charge in [0, 0.05) is 16.3 Å². The second-order valence-electron chi connectivity index (χ2n) is 3.92. The summed E-state index contributed by atoms with van der Waals surface area (Å²) in [7, 11) is 0. The second-order valence-corrected chi connectivity index (χ2v) is 4.36. The Hall–Kier alpha value is -1.62. The molecule has 5 N–H and O–H groups in total. The van der Waals surface area contributed by atoms with Crippen molar-refractivity contribution >= 4 is 17.3 Å². The molecule has 18 heavy (non-hydrogen) atoms. The molecule has 5 heteroatoms. The number of hydrogen-bond acceptors (Lipinski definition) is 3. The molecule has 1 atom stereocenters. The van der Waals surface area contributed by atoms with Gasteiger partial charge in [-0.3, -0.25) is 5.84 Å². The second kappa shape index (κ2) is 5.35. The van der Waals surface area contributed by atoms with Crippen molar-refractivity contribution in [3.05, 3.63) is 64.4 Å². The Morgan fingerprint density at radius 1 is 1.11 bits per heavy atom. The summed E-state index contributed by atoms with van der Waals surface area (Å²) in [6.45, 7) is 0. The van der Waals surface area contributed by atoms with Gasteiger partial charge in [-0.1, -0.05) is 23.7 Å². The molecular weight excluding hydrogens is 253 g/mol. The molecule has 0 aliphatic heterocycles. The van der Waals surface area contributed by atoms with Gasteiger partial charge in [0.1, 0.15) is 5.82 Å². The summed E-state index contributed by atoms with van der Waals surface area (Å²) < 4.78 is 13.3. The predicted octanol–water partition coefficient (Wildman–Crippen LogP) is 2.61. The molecule has 0 saturated carbocycles. The minimum Gasteiger partial charge on any atom is -0.398 e. The van der Waals surface area contributed by atoms with Crippen LogP contribution in [0, 0.1) is 5.82 Å². The SMILES string of the molecule is NNC(c1ccc(Cl)cc1)c1cc(F)ccc1N. The lowest BCUT2D eigenvalue weighted by Gasteiger charge is -2.18. The highest BCUT2D eigenvalue weighted by atomic mass is 35.5. The number of nitrogens with two attached hydrogens (primary N) is 2. The number of hydrazine groups is 1. The zero-order chi connectivity index (χ0) is 13.1. The molecule has 0 bridgehead atoms. The molecule has 0 heterocycles. The highest BCUT2D eigenvalue weighted by Crippen LogP contribution is 2.27. The van der Waals surface area contributed by atoms with Gasteiger partial charge in [-0.25, -0.2) is 9.82 Å². The zero-order valence-electron chi connectivity index (χ0n) is 9.53. The summed E-state index contributed by atoms with van der Waals surface area (Å²) in [6, 6.07) is 11.0. The Kier molecular flexibility index (Phi) is 3.81. The van der Waals surface area contributed by atoms with Gasteiger partial charge in [0.05, 0.1) is 6.04 Å². The predicted molar refractivity (Wildman–Crippen MR) is 71.4 cm³/mol. The van der Waals surface area contributed by atoms with Crippen LogP contribution in [-0.4, -0.2) is 0 Å². The topological polar surface area (TPSA) is 64.1 Å². The van der Waals surface area contributed by atoms with E-state index in [1.165, 1.54) is 18.2 Å². The van der Waals surface area contributed by atoms with Gasteiger partial charge in [-0.15, -0.1) is 0 Å². The Morgan fingerprint density at radius 2 is 1.78 bits per heavy atom. The molecule has 0 aliphatic rings. The first-order chi connectivity index (χ1) is 8.61. The highest BCUT2D eigenvalue weighted by Gasteiger charge is 2.15. The van der Waals surface area contributed by atoms with Crippen LogP contribution >= 0.6 is 11.6 Å². The lowest BCUT2D eigenvalue weighted by molar-refractivity contribution is 0.606. The summed E-state index contributed by atoms with van der Waals surface area (Å²) >= 11 is 5.83. The van der Waals surface area contributed by atoms with Crippen molar-refractivity contribution in [2.45, 2.75) is 6.04 Å². The number of benzene rings is 2. The van der Waals surface area contributed by atoms with Crippen LogP contribution in [0.1, 0.15) is 17.2 Å². The molecule has 2 rings (SSSR count). The van der Waals surface area contributed by atoms with Gasteiger partial charge in [0.2, 0.25) is 0 Å². The van der Waals surface area contributed by atoms with Crippen molar-refractivity contribution in [2.75, 3.05) is 5.73 Å². The van der Waals surface area contributed by atoms with E-state index >= 15 is 0 Å². The number of nitrogens with one attached hydrogen (secondary N) is 1. The largest absolute Gasteiger partial charge is 0.398 e. The van der Waals surface area contributed by atoms with Crippen LogP contribution in [-0.2, 0) is 0 Å². The number of rotatable bonds is 3. The van der Waals surface area contributed by atoms with E-state index in [0.717, 1.165) is 5.56 Å². The quantitative estimate of drug-likeness (QED) is 0.454. The first-order valence-electron chi connectivity index (χ1n) is 5.38. The summed E-state index contributed by atoms with van der Waals surface area (Å²) in [5, 5.41) is 0.627. The summed E-state index contributed by atoms with van der Waals surface area (Å²) in [4.78, 5) is 0. The van der Waals surface area contributed by atoms with E-state index < -0.39 is 0 Å². The Balaban J connectivity index is 2.44. The smallest absolute Gasteiger partial charge is 0.123 e. The number of anilines is 1. The first-order valence-corrected chi connectivity index (χ1v) is 5.76. The van der Waals surface area contributed by atoms with Gasteiger partial charge in [-0.05, 0) is 35.9 Å². The maximum atomic E-state index is 13.3. The third kappa shape index (κ3) is 2.61. The molecule has 3 nitrogen and oxygen atoms in total. The highest BCUT2D eigenvalue weighted by molar-refractivity contribution is 6.30. The van der Waals surface area contributed by atoms with Crippen molar-refractivity contribution in [2.24, 2.45) is 5.84 Å². The fourth-order valence-corrected chi connectivity index (χ4v) is 1.94. The molecule has 1 unspecified atom stereocenters. The van der Waals surface area contributed by atoms with E-state index in [4.69, 9.17) is 23.2 Å². The molecule has 2 aromatic rings. The van der Waals surface area contributed by atoms with Gasteiger partial charge in [0.15, 0.2) is 0 Å². The molecule has 0 amide bonds. The van der Waals surface area contributed by atoms with Crippen LogP contribution in [0.2, 0.25) is 5.02 Å². The fraction of sp³-hybridized carbons (Fsp3) is 0.0769. The van der Waals surface area contributed by atoms with Crippen molar-refractivity contribution < 1.29 is 4.39 Å². The molecule has 0 radical (unpaired) electrons. The van der Waals surface area contributed by atoms with E-state index in [2.05, 4.69) is 5.43 Å². The Morgan fingerprint density at radius 3 is 2.39 bits per heavy atom. The minimum absolute atomic E-state index is 0.353. The van der Waals surface area contributed by atoms with Crippen molar-refractivity contribution in [1.82, 2.24) is 5.43 Å². The maximum Gasteiger partial charge on any atom is 0.123 e. The summed E-state index contributed by atoms with van der Waals surface area (Å²) in [5.74, 6) is 5.18. The number of halogens is 2. The standard InChI is InChI=1S/C13H13ClFN3/c14-9-3-1-8(2-4-9)13(18-17)11-7-10(15)5-6-12(11)16/h1-7,13,18H,16-17H2. The fourth-order valence-electron chi connectivity index (χ4n) is 1.82. The minimum atomic E-state index is -0.377. The lowest BCUT2D eigenvalue weighted by Crippen LogP contribution is -2.29. The monoisotopic (exact) mass is 265 g/mol. The van der Waals surface area contributed by atoms with Crippen LogP contribution in [0.4, 0.5) is 10.1 Å². The molecule has 0 spiro atoms. The van der Waals surface area contributed by atoms with E-state index in [-0.39, 0.29) is 11.9 Å². The first kappa shape index (κ1) is 12.8. The summed E-state index contributed by atoms with van der Waals surface area (Å²) in [6.07, 6.45) is 0. The van der Waals surface area contributed by atoms with Crippen molar-refractivity contribution in [3.63, 3.8) is 0 Å². The van der Waals surface area contributed by atoms with Crippen molar-refractivity contribution in [3.8, 4) is 0 Å². The maximum absolute atomic E-state index is 13.3. The molecule has 94 valence electrons. The van der Waals surface area contributed by atoms with Crippen LogP contribution in [0.3, 0.4) is 0 Å². The van der Waals surface area contributed by atoms with Gasteiger partial charge in [0.25, 0.3) is 0 Å². The third-order valence-electron chi connectivity index (χ3n) is 2.73. The molecule has 0 saturated heterocycles. The zero-order valence-corrected chi connectivity index (χ0v) is 10.3. The lowest BCUT2D eigenvalue weighted by atomic mass is 9.98. The molecule has 0 fully saturated rings. The molecular formula is C13H13ClFN3. The van der Waals surface area contributed by atoms with E-state index in [0.29, 0.717) is 16.3 Å². The average molecular weight is 266 g/mol. The molecule has 0 aliphatic carbocycles. The van der Waals surface area contributed by atoms with Crippen molar-refractivity contribution in [1.29, 1.82) is 0 Å². The Labute approximate surface area is 110 Å². The van der Waals surface area contributed by atoms with Crippen LogP contribution < -0.4 is 17.0 Å². The van der Waals surface area contributed by atoms with Gasteiger partial charge >= 0.3 is 0 Å². The van der Waals surface area contributed by atoms with Gasteiger partial charge in [-0.2, -0.15) is 0 Å². The Bertz CT molecular complexity index is 542. The molecule has 0 aromatic heterocycles. The molecule has 2 aromatic carbocycles. The number of hydrogen-bond donors (Lipinski definition) is 3.